The fraction of sp³-hybridized carbons (Fsp3) is 0.600. The minimum absolute atomic E-state index is 0.0369. The lowest BCUT2D eigenvalue weighted by atomic mass is 10.1. The van der Waals surface area contributed by atoms with Gasteiger partial charge >= 0.3 is 0 Å². The second-order valence-corrected chi connectivity index (χ2v) is 4.88. The van der Waals surface area contributed by atoms with Gasteiger partial charge in [0.05, 0.1) is 6.61 Å². The minimum atomic E-state index is -0.584. The minimum Gasteiger partial charge on any atom is -0.490 e. The van der Waals surface area contributed by atoms with Crippen LogP contribution in [-0.2, 0) is 0 Å². The summed E-state index contributed by atoms with van der Waals surface area (Å²) in [6, 6.07) is 6.01. The molecule has 0 heterocycles. The third kappa shape index (κ3) is 5.19. The summed E-state index contributed by atoms with van der Waals surface area (Å²) in [5, 5.41) is 22.0. The van der Waals surface area contributed by atoms with Gasteiger partial charge in [-0.15, -0.1) is 0 Å². The van der Waals surface area contributed by atoms with Gasteiger partial charge in [-0.3, -0.25) is 0 Å². The van der Waals surface area contributed by atoms with Gasteiger partial charge in [0, 0.05) is 12.6 Å². The van der Waals surface area contributed by atoms with E-state index in [1.807, 2.05) is 39.0 Å². The first-order chi connectivity index (χ1) is 9.08. The van der Waals surface area contributed by atoms with Crippen LogP contribution in [0.3, 0.4) is 0 Å². The van der Waals surface area contributed by atoms with Crippen molar-refractivity contribution in [3.63, 3.8) is 0 Å². The molecule has 19 heavy (non-hydrogen) atoms. The van der Waals surface area contributed by atoms with E-state index in [-0.39, 0.29) is 19.3 Å². The average Bonchev–Trinajstić information content (AvgIpc) is 2.39. The molecule has 0 saturated carbocycles. The Hall–Kier alpha value is -1.10. The summed E-state index contributed by atoms with van der Waals surface area (Å²) in [5.41, 5.74) is 2.14. The normalized spacial score (nSPS) is 14.2. The first kappa shape index (κ1) is 16.0. The van der Waals surface area contributed by atoms with Gasteiger partial charge in [0.1, 0.15) is 18.5 Å². The highest BCUT2D eigenvalue weighted by molar-refractivity contribution is 5.39. The molecule has 0 bridgehead atoms. The second-order valence-electron chi connectivity index (χ2n) is 4.88. The van der Waals surface area contributed by atoms with Crippen molar-refractivity contribution in [3.05, 3.63) is 29.3 Å². The highest BCUT2D eigenvalue weighted by Gasteiger charge is 2.10. The number of nitrogens with one attached hydrogen (secondary N) is 1. The van der Waals surface area contributed by atoms with Gasteiger partial charge in [0.15, 0.2) is 0 Å². The van der Waals surface area contributed by atoms with Crippen molar-refractivity contribution in [1.29, 1.82) is 0 Å². The molecule has 2 atom stereocenters. The number of rotatable bonds is 8. The zero-order chi connectivity index (χ0) is 14.3. The zero-order valence-corrected chi connectivity index (χ0v) is 12.0. The van der Waals surface area contributed by atoms with Gasteiger partial charge < -0.3 is 20.3 Å². The van der Waals surface area contributed by atoms with Crippen LogP contribution in [0.1, 0.15) is 24.5 Å². The summed E-state index contributed by atoms with van der Waals surface area (Å²) in [7, 11) is 0. The maximum absolute atomic E-state index is 9.86. The zero-order valence-electron chi connectivity index (χ0n) is 12.0. The Morgan fingerprint density at radius 2 is 1.89 bits per heavy atom. The van der Waals surface area contributed by atoms with Gasteiger partial charge in [0.25, 0.3) is 0 Å². The van der Waals surface area contributed by atoms with Crippen LogP contribution < -0.4 is 10.1 Å². The molecule has 4 nitrogen and oxygen atoms in total. The number of aliphatic hydroxyl groups excluding tert-OH is 2. The van der Waals surface area contributed by atoms with Crippen molar-refractivity contribution in [2.45, 2.75) is 39.3 Å². The molecular weight excluding hydrogens is 242 g/mol. The van der Waals surface area contributed by atoms with Crippen LogP contribution >= 0.6 is 0 Å². The second kappa shape index (κ2) is 8.15. The fourth-order valence-electron chi connectivity index (χ4n) is 1.91. The van der Waals surface area contributed by atoms with E-state index in [4.69, 9.17) is 9.84 Å². The molecule has 0 aliphatic rings. The van der Waals surface area contributed by atoms with Gasteiger partial charge in [0.2, 0.25) is 0 Å². The van der Waals surface area contributed by atoms with E-state index in [1.54, 1.807) is 0 Å². The van der Waals surface area contributed by atoms with Crippen molar-refractivity contribution in [3.8, 4) is 5.75 Å². The van der Waals surface area contributed by atoms with Crippen molar-refractivity contribution in [2.24, 2.45) is 0 Å². The highest BCUT2D eigenvalue weighted by atomic mass is 16.5. The summed E-state index contributed by atoms with van der Waals surface area (Å²) in [5.74, 6) is 0.843. The maximum atomic E-state index is 9.86. The van der Waals surface area contributed by atoms with Crippen LogP contribution in [0.15, 0.2) is 18.2 Å². The predicted molar refractivity (Wildman–Crippen MR) is 76.6 cm³/mol. The van der Waals surface area contributed by atoms with Crippen molar-refractivity contribution < 1.29 is 14.9 Å². The van der Waals surface area contributed by atoms with E-state index in [1.165, 1.54) is 0 Å². The number of aryl methyl sites for hydroxylation is 2. The quantitative estimate of drug-likeness (QED) is 0.666. The van der Waals surface area contributed by atoms with Crippen molar-refractivity contribution in [1.82, 2.24) is 5.32 Å². The lowest BCUT2D eigenvalue weighted by molar-refractivity contribution is 0.0988. The number of benzene rings is 1. The topological polar surface area (TPSA) is 61.7 Å². The van der Waals surface area contributed by atoms with E-state index in [9.17, 15) is 5.11 Å². The smallest absolute Gasteiger partial charge is 0.125 e. The molecule has 0 amide bonds. The number of hydrogen-bond donors (Lipinski definition) is 3. The molecular formula is C15H25NO3. The molecule has 1 rings (SSSR count). The van der Waals surface area contributed by atoms with E-state index in [0.717, 1.165) is 23.3 Å². The summed E-state index contributed by atoms with van der Waals surface area (Å²) < 4.78 is 5.68. The number of hydrogen-bond acceptors (Lipinski definition) is 4. The number of para-hydroxylation sites is 1. The summed E-state index contributed by atoms with van der Waals surface area (Å²) in [6.07, 6.45) is 0.251. The monoisotopic (exact) mass is 267 g/mol. The van der Waals surface area contributed by atoms with Gasteiger partial charge in [-0.05, 0) is 31.4 Å². The van der Waals surface area contributed by atoms with E-state index in [0.29, 0.717) is 6.54 Å². The molecule has 0 aliphatic heterocycles. The van der Waals surface area contributed by atoms with E-state index >= 15 is 0 Å². The molecule has 4 heteroatoms. The molecule has 0 radical (unpaired) electrons. The third-order valence-corrected chi connectivity index (χ3v) is 3.18. The summed E-state index contributed by atoms with van der Waals surface area (Å²) in [4.78, 5) is 0. The fourth-order valence-corrected chi connectivity index (χ4v) is 1.91. The molecule has 0 fully saturated rings. The third-order valence-electron chi connectivity index (χ3n) is 3.18. The first-order valence-corrected chi connectivity index (χ1v) is 6.79. The van der Waals surface area contributed by atoms with Crippen LogP contribution in [-0.4, -0.2) is 42.1 Å². The number of aliphatic hydroxyl groups is 2. The Bertz CT molecular complexity index is 357. The van der Waals surface area contributed by atoms with Crippen LogP contribution in [0.5, 0.6) is 5.75 Å². The molecule has 1 aromatic carbocycles. The van der Waals surface area contributed by atoms with Crippen LogP contribution in [0, 0.1) is 13.8 Å². The first-order valence-electron chi connectivity index (χ1n) is 6.79. The van der Waals surface area contributed by atoms with Gasteiger partial charge in [-0.2, -0.15) is 0 Å². The lowest BCUT2D eigenvalue weighted by Gasteiger charge is -2.19. The number of ether oxygens (including phenoxy) is 1. The maximum Gasteiger partial charge on any atom is 0.125 e. The Morgan fingerprint density at radius 1 is 1.26 bits per heavy atom. The van der Waals surface area contributed by atoms with E-state index in [2.05, 4.69) is 5.32 Å². The van der Waals surface area contributed by atoms with Crippen molar-refractivity contribution in [2.75, 3.05) is 19.8 Å². The van der Waals surface area contributed by atoms with E-state index < -0.39 is 6.10 Å². The van der Waals surface area contributed by atoms with Crippen molar-refractivity contribution >= 4 is 0 Å². The predicted octanol–water partition coefficient (Wildman–Crippen LogP) is 1.40. The van der Waals surface area contributed by atoms with Crippen LogP contribution in [0.2, 0.25) is 0 Å². The largest absolute Gasteiger partial charge is 0.490 e. The Balaban J connectivity index is 2.40. The summed E-state index contributed by atoms with van der Waals surface area (Å²) >= 11 is 0. The molecule has 108 valence electrons. The van der Waals surface area contributed by atoms with Gasteiger partial charge in [-0.1, -0.05) is 25.1 Å². The van der Waals surface area contributed by atoms with Crippen LogP contribution in [0.4, 0.5) is 0 Å². The molecule has 1 aromatic rings. The SMILES string of the molecule is CCC(CO)NCC(O)COc1c(C)cccc1C. The molecule has 0 spiro atoms. The standard InChI is InChI=1S/C15H25NO3/c1-4-13(9-17)16-8-14(18)10-19-15-11(2)6-5-7-12(15)3/h5-7,13-14,16-18H,4,8-10H2,1-3H3. The molecule has 0 saturated heterocycles. The molecule has 0 aliphatic carbocycles. The van der Waals surface area contributed by atoms with Gasteiger partial charge in [-0.25, -0.2) is 0 Å². The Morgan fingerprint density at radius 3 is 2.42 bits per heavy atom. The molecule has 3 N–H and O–H groups in total. The Kier molecular flexibility index (Phi) is 6.84. The summed E-state index contributed by atoms with van der Waals surface area (Å²) in [6.45, 7) is 6.73. The Labute approximate surface area is 115 Å². The average molecular weight is 267 g/mol. The molecule has 2 unspecified atom stereocenters. The highest BCUT2D eigenvalue weighted by Crippen LogP contribution is 2.22. The molecule has 0 aromatic heterocycles. The lowest BCUT2D eigenvalue weighted by Crippen LogP contribution is -2.39. The van der Waals surface area contributed by atoms with Crippen LogP contribution in [0.25, 0.3) is 0 Å².